The van der Waals surface area contributed by atoms with E-state index < -0.39 is 0 Å². The first-order chi connectivity index (χ1) is 10.2. The molecule has 0 bridgehead atoms. The van der Waals surface area contributed by atoms with Crippen LogP contribution >= 0.6 is 0 Å². The number of likely N-dealkylation sites (N-methyl/N-ethyl adjacent to an activating group) is 1. The fourth-order valence-electron chi connectivity index (χ4n) is 3.16. The van der Waals surface area contributed by atoms with Crippen LogP contribution < -0.4 is 15.2 Å². The fourth-order valence-corrected chi connectivity index (χ4v) is 3.16. The maximum absolute atomic E-state index is 6.06. The van der Waals surface area contributed by atoms with E-state index in [9.17, 15) is 0 Å². The van der Waals surface area contributed by atoms with Crippen molar-refractivity contribution in [1.82, 2.24) is 4.90 Å². The lowest BCUT2D eigenvalue weighted by atomic mass is 9.80. The molecule has 1 aromatic rings. The topological polar surface area (TPSA) is 47.7 Å². The molecule has 0 aliphatic heterocycles. The van der Waals surface area contributed by atoms with Crippen molar-refractivity contribution in [2.24, 2.45) is 5.73 Å². The van der Waals surface area contributed by atoms with Crippen LogP contribution in [-0.4, -0.2) is 44.3 Å². The normalized spacial score (nSPS) is 17.7. The van der Waals surface area contributed by atoms with Crippen molar-refractivity contribution in [3.8, 4) is 11.5 Å². The van der Waals surface area contributed by atoms with Crippen molar-refractivity contribution in [3.05, 3.63) is 24.3 Å². The van der Waals surface area contributed by atoms with Gasteiger partial charge in [0.15, 0.2) is 0 Å². The Morgan fingerprint density at radius 2 is 1.71 bits per heavy atom. The molecule has 0 saturated heterocycles. The van der Waals surface area contributed by atoms with E-state index in [1.54, 1.807) is 7.11 Å². The van der Waals surface area contributed by atoms with Crippen LogP contribution in [0.3, 0.4) is 0 Å². The van der Waals surface area contributed by atoms with E-state index in [2.05, 4.69) is 11.9 Å². The minimum absolute atomic E-state index is 0.182. The number of hydrogen-bond acceptors (Lipinski definition) is 4. The highest BCUT2D eigenvalue weighted by atomic mass is 16.5. The maximum Gasteiger partial charge on any atom is 0.119 e. The van der Waals surface area contributed by atoms with Gasteiger partial charge in [0.05, 0.1) is 7.11 Å². The first-order valence-corrected chi connectivity index (χ1v) is 7.88. The zero-order valence-electron chi connectivity index (χ0n) is 13.3. The van der Waals surface area contributed by atoms with Crippen LogP contribution in [0.1, 0.15) is 32.1 Å². The van der Waals surface area contributed by atoms with Gasteiger partial charge in [-0.25, -0.2) is 0 Å². The van der Waals surface area contributed by atoms with Gasteiger partial charge < -0.3 is 15.2 Å². The van der Waals surface area contributed by atoms with Crippen LogP contribution in [0.2, 0.25) is 0 Å². The Morgan fingerprint density at radius 3 is 2.29 bits per heavy atom. The molecule has 21 heavy (non-hydrogen) atoms. The highest BCUT2D eigenvalue weighted by molar-refractivity contribution is 5.31. The highest BCUT2D eigenvalue weighted by Gasteiger charge is 2.34. The van der Waals surface area contributed by atoms with E-state index in [4.69, 9.17) is 15.2 Å². The second-order valence-electron chi connectivity index (χ2n) is 5.93. The smallest absolute Gasteiger partial charge is 0.119 e. The molecule has 118 valence electrons. The Morgan fingerprint density at radius 1 is 1.10 bits per heavy atom. The largest absolute Gasteiger partial charge is 0.497 e. The molecule has 2 N–H and O–H groups in total. The Labute approximate surface area is 128 Å². The molecule has 0 heterocycles. The molecule has 4 heteroatoms. The second kappa shape index (κ2) is 7.66. The summed E-state index contributed by atoms with van der Waals surface area (Å²) in [5, 5.41) is 0. The van der Waals surface area contributed by atoms with E-state index in [1.807, 2.05) is 24.3 Å². The van der Waals surface area contributed by atoms with Gasteiger partial charge in [-0.1, -0.05) is 19.3 Å². The summed E-state index contributed by atoms with van der Waals surface area (Å²) in [6, 6.07) is 7.72. The van der Waals surface area contributed by atoms with E-state index in [-0.39, 0.29) is 5.54 Å². The molecular formula is C17H28N2O2. The molecule has 1 saturated carbocycles. The lowest BCUT2D eigenvalue weighted by Crippen LogP contribution is -2.54. The van der Waals surface area contributed by atoms with E-state index in [0.29, 0.717) is 6.61 Å². The van der Waals surface area contributed by atoms with Gasteiger partial charge in [0.25, 0.3) is 0 Å². The van der Waals surface area contributed by atoms with Crippen LogP contribution in [-0.2, 0) is 0 Å². The molecular weight excluding hydrogens is 264 g/mol. The van der Waals surface area contributed by atoms with Crippen molar-refractivity contribution in [2.45, 2.75) is 37.6 Å². The zero-order valence-corrected chi connectivity index (χ0v) is 13.3. The number of rotatable bonds is 7. The van der Waals surface area contributed by atoms with Crippen LogP contribution in [0.15, 0.2) is 24.3 Å². The molecule has 1 aliphatic carbocycles. The van der Waals surface area contributed by atoms with Gasteiger partial charge in [0.2, 0.25) is 0 Å². The Hall–Kier alpha value is -1.26. The minimum Gasteiger partial charge on any atom is -0.497 e. The number of hydrogen-bond donors (Lipinski definition) is 1. The molecule has 1 aromatic carbocycles. The summed E-state index contributed by atoms with van der Waals surface area (Å²) in [6.07, 6.45) is 6.35. The third-order valence-corrected chi connectivity index (χ3v) is 4.73. The molecule has 0 amide bonds. The van der Waals surface area contributed by atoms with Crippen molar-refractivity contribution < 1.29 is 9.47 Å². The standard InChI is InChI=1S/C17H28N2O2/c1-19(17(14-18)10-4-3-5-11-17)12-13-21-16-8-6-15(20-2)7-9-16/h6-9H,3-5,10-14,18H2,1-2H3. The van der Waals surface area contributed by atoms with E-state index >= 15 is 0 Å². The third kappa shape index (κ3) is 4.11. The maximum atomic E-state index is 6.06. The SMILES string of the molecule is COc1ccc(OCCN(C)C2(CN)CCCCC2)cc1. The number of nitrogens with zero attached hydrogens (tertiary/aromatic N) is 1. The summed E-state index contributed by atoms with van der Waals surface area (Å²) >= 11 is 0. The lowest BCUT2D eigenvalue weighted by molar-refractivity contribution is 0.0692. The molecule has 1 fully saturated rings. The summed E-state index contributed by atoms with van der Waals surface area (Å²) in [6.45, 7) is 2.33. The summed E-state index contributed by atoms with van der Waals surface area (Å²) in [5.41, 5.74) is 6.24. The lowest BCUT2D eigenvalue weighted by Gasteiger charge is -2.44. The van der Waals surface area contributed by atoms with Crippen molar-refractivity contribution in [3.63, 3.8) is 0 Å². The molecule has 4 nitrogen and oxygen atoms in total. The first kappa shape index (κ1) is 16.1. The molecule has 0 unspecified atom stereocenters. The molecule has 2 rings (SSSR count). The number of nitrogens with two attached hydrogens (primary N) is 1. The van der Waals surface area contributed by atoms with Gasteiger partial charge in [-0.05, 0) is 44.2 Å². The quantitative estimate of drug-likeness (QED) is 0.839. The summed E-state index contributed by atoms with van der Waals surface area (Å²) in [5.74, 6) is 1.73. The number of methoxy groups -OCH3 is 1. The van der Waals surface area contributed by atoms with Crippen LogP contribution in [0.5, 0.6) is 11.5 Å². The van der Waals surface area contributed by atoms with Gasteiger partial charge in [0, 0.05) is 18.6 Å². The molecule has 0 aromatic heterocycles. The highest BCUT2D eigenvalue weighted by Crippen LogP contribution is 2.31. The van der Waals surface area contributed by atoms with Crippen molar-refractivity contribution in [2.75, 3.05) is 33.9 Å². The number of benzene rings is 1. The number of ether oxygens (including phenoxy) is 2. The van der Waals surface area contributed by atoms with Crippen molar-refractivity contribution >= 4 is 0 Å². The van der Waals surface area contributed by atoms with Gasteiger partial charge in [-0.3, -0.25) is 4.90 Å². The Kier molecular flexibility index (Phi) is 5.88. The average molecular weight is 292 g/mol. The van der Waals surface area contributed by atoms with Gasteiger partial charge in [-0.2, -0.15) is 0 Å². The Bertz CT molecular complexity index is 413. The minimum atomic E-state index is 0.182. The van der Waals surface area contributed by atoms with Crippen molar-refractivity contribution in [1.29, 1.82) is 0 Å². The summed E-state index contributed by atoms with van der Waals surface area (Å²) < 4.78 is 11.0. The molecule has 0 atom stereocenters. The zero-order chi connectivity index (χ0) is 15.1. The predicted molar refractivity (Wildman–Crippen MR) is 86.0 cm³/mol. The molecule has 0 radical (unpaired) electrons. The van der Waals surface area contributed by atoms with Crippen LogP contribution in [0.4, 0.5) is 0 Å². The van der Waals surface area contributed by atoms with E-state index in [1.165, 1.54) is 32.1 Å². The van der Waals surface area contributed by atoms with E-state index in [0.717, 1.165) is 24.6 Å². The van der Waals surface area contributed by atoms with Crippen LogP contribution in [0, 0.1) is 0 Å². The molecule has 1 aliphatic rings. The summed E-state index contributed by atoms with van der Waals surface area (Å²) in [4.78, 5) is 2.40. The first-order valence-electron chi connectivity index (χ1n) is 7.88. The van der Waals surface area contributed by atoms with Gasteiger partial charge in [0.1, 0.15) is 18.1 Å². The monoisotopic (exact) mass is 292 g/mol. The van der Waals surface area contributed by atoms with Gasteiger partial charge in [-0.15, -0.1) is 0 Å². The van der Waals surface area contributed by atoms with Gasteiger partial charge >= 0.3 is 0 Å². The average Bonchev–Trinajstić information content (AvgIpc) is 2.56. The second-order valence-corrected chi connectivity index (χ2v) is 5.93. The fraction of sp³-hybridized carbons (Fsp3) is 0.647. The molecule has 0 spiro atoms. The van der Waals surface area contributed by atoms with Crippen LogP contribution in [0.25, 0.3) is 0 Å². The Balaban J connectivity index is 1.81. The summed E-state index contributed by atoms with van der Waals surface area (Å²) in [7, 11) is 3.84. The third-order valence-electron chi connectivity index (χ3n) is 4.73. The predicted octanol–water partition coefficient (Wildman–Crippen LogP) is 2.67.